The molecule has 0 bridgehead atoms. The summed E-state index contributed by atoms with van der Waals surface area (Å²) in [6.45, 7) is 7.25. The minimum Gasteiger partial charge on any atom is -0.466 e. The molecule has 1 N–H and O–H groups in total. The molecule has 0 aromatic heterocycles. The molecule has 15 heteroatoms. The highest BCUT2D eigenvalue weighted by Gasteiger charge is 2.53. The van der Waals surface area contributed by atoms with E-state index in [2.05, 4.69) is 5.32 Å². The van der Waals surface area contributed by atoms with Gasteiger partial charge in [-0.2, -0.15) is 26.3 Å². The van der Waals surface area contributed by atoms with Gasteiger partial charge in [0.15, 0.2) is 0 Å². The molecule has 1 fully saturated rings. The molecule has 54 heavy (non-hydrogen) atoms. The third-order valence-corrected chi connectivity index (χ3v) is 8.87. The molecular formula is C39H44F6N2O7. The summed E-state index contributed by atoms with van der Waals surface area (Å²) in [4.78, 5) is 42.1. The van der Waals surface area contributed by atoms with Crippen molar-refractivity contribution in [3.05, 3.63) is 107 Å². The number of rotatable bonds is 11. The zero-order chi connectivity index (χ0) is 39.9. The highest BCUT2D eigenvalue weighted by molar-refractivity contribution is 5.75. The molecule has 9 nitrogen and oxygen atoms in total. The maximum absolute atomic E-state index is 14.5. The summed E-state index contributed by atoms with van der Waals surface area (Å²) < 4.78 is 105. The fourth-order valence-corrected chi connectivity index (χ4v) is 6.38. The Kier molecular flexibility index (Phi) is 13.3. The van der Waals surface area contributed by atoms with E-state index in [1.165, 1.54) is 11.8 Å². The number of hydrogen-bond donors (Lipinski definition) is 1. The van der Waals surface area contributed by atoms with E-state index >= 15 is 0 Å². The summed E-state index contributed by atoms with van der Waals surface area (Å²) in [5.41, 5.74) is -4.73. The van der Waals surface area contributed by atoms with Gasteiger partial charge in [0.2, 0.25) is 0 Å². The number of hydrogen-bond acceptors (Lipinski definition) is 7. The molecule has 3 aromatic rings. The molecule has 1 aliphatic rings. The fraction of sp³-hybridized carbons (Fsp3) is 0.462. The molecule has 4 rings (SSSR count). The average Bonchev–Trinajstić information content (AvgIpc) is 3.09. The normalized spacial score (nSPS) is 19.8. The Morgan fingerprint density at radius 1 is 0.870 bits per heavy atom. The number of amides is 2. The molecule has 0 unspecified atom stereocenters. The van der Waals surface area contributed by atoms with Crippen molar-refractivity contribution in [2.75, 3.05) is 13.2 Å². The van der Waals surface area contributed by atoms with E-state index in [0.29, 0.717) is 23.3 Å². The highest BCUT2D eigenvalue weighted by atomic mass is 19.4. The van der Waals surface area contributed by atoms with Gasteiger partial charge in [-0.3, -0.25) is 9.69 Å². The first-order valence-corrected chi connectivity index (χ1v) is 17.3. The van der Waals surface area contributed by atoms with Crippen LogP contribution in [0.4, 0.5) is 35.9 Å². The van der Waals surface area contributed by atoms with Crippen LogP contribution in [0, 0.1) is 0 Å². The number of alkyl halides is 6. The number of likely N-dealkylation sites (tertiary alicyclic amines) is 1. The lowest BCUT2D eigenvalue weighted by Crippen LogP contribution is -2.67. The predicted octanol–water partition coefficient (Wildman–Crippen LogP) is 9.35. The van der Waals surface area contributed by atoms with Crippen molar-refractivity contribution < 1.29 is 59.7 Å². The quantitative estimate of drug-likeness (QED) is 0.118. The summed E-state index contributed by atoms with van der Waals surface area (Å²) in [6.07, 6.45) is -13.5. The maximum atomic E-state index is 14.5. The molecule has 4 atom stereocenters. The minimum absolute atomic E-state index is 0.00945. The smallest absolute Gasteiger partial charge is 0.416 e. The monoisotopic (exact) mass is 766 g/mol. The van der Waals surface area contributed by atoms with E-state index in [9.17, 15) is 40.7 Å². The molecule has 1 saturated heterocycles. The second-order valence-corrected chi connectivity index (χ2v) is 14.0. The Morgan fingerprint density at radius 3 is 1.98 bits per heavy atom. The molecular weight excluding hydrogens is 722 g/mol. The largest absolute Gasteiger partial charge is 0.466 e. The summed E-state index contributed by atoms with van der Waals surface area (Å²) in [6, 6.07) is 16.3. The van der Waals surface area contributed by atoms with Gasteiger partial charge in [-0.1, -0.05) is 60.7 Å². The topological polar surface area (TPSA) is 103 Å². The van der Waals surface area contributed by atoms with Gasteiger partial charge in [0.1, 0.15) is 12.2 Å². The van der Waals surface area contributed by atoms with Crippen molar-refractivity contribution in [2.45, 2.75) is 102 Å². The van der Waals surface area contributed by atoms with Gasteiger partial charge in [0, 0.05) is 0 Å². The van der Waals surface area contributed by atoms with Crippen molar-refractivity contribution in [3.8, 4) is 0 Å². The van der Waals surface area contributed by atoms with Crippen LogP contribution in [0.1, 0.15) is 87.8 Å². The number of nitrogens with one attached hydrogen (secondary N) is 1. The van der Waals surface area contributed by atoms with E-state index in [4.69, 9.17) is 18.9 Å². The predicted molar refractivity (Wildman–Crippen MR) is 185 cm³/mol. The van der Waals surface area contributed by atoms with Crippen LogP contribution in [0.15, 0.2) is 78.9 Å². The summed E-state index contributed by atoms with van der Waals surface area (Å²) in [5.74, 6) is -0.707. The standard InChI is InChI=1S/C39H44F6N2O7/c1-6-51-33(48)22-32-31(46-34(49)54-36(3,4)5)17-18-37(28-15-11-8-12-16-28,47(32)35(50)52-23-26-13-9-7-10-14-26)24-53-25(2)27-19-29(38(40,41)42)21-30(20-27)39(43,44)45/h7-16,19-21,25,31-32H,6,17-18,22-24H2,1-5H3,(H,46,49)/t25-,31+,32+,37-/m1/s1. The Balaban J connectivity index is 1.84. The molecule has 2 amide bonds. The first kappa shape index (κ1) is 42.0. The number of carbonyl (C=O) groups is 3. The van der Waals surface area contributed by atoms with Crippen LogP contribution < -0.4 is 5.32 Å². The number of nitrogens with zero attached hydrogens (tertiary/aromatic N) is 1. The number of esters is 1. The van der Waals surface area contributed by atoms with Crippen molar-refractivity contribution in [1.29, 1.82) is 0 Å². The summed E-state index contributed by atoms with van der Waals surface area (Å²) >= 11 is 0. The number of alkyl carbamates (subject to hydrolysis) is 1. The van der Waals surface area contributed by atoms with Crippen LogP contribution in [-0.4, -0.2) is 54.0 Å². The Morgan fingerprint density at radius 2 is 1.44 bits per heavy atom. The van der Waals surface area contributed by atoms with Crippen LogP contribution in [0.25, 0.3) is 0 Å². The lowest BCUT2D eigenvalue weighted by molar-refractivity contribution is -0.148. The van der Waals surface area contributed by atoms with Gasteiger partial charge in [-0.25, -0.2) is 9.59 Å². The number of piperidine rings is 1. The number of carbonyl (C=O) groups excluding carboxylic acids is 3. The van der Waals surface area contributed by atoms with Crippen molar-refractivity contribution in [2.24, 2.45) is 0 Å². The van der Waals surface area contributed by atoms with Gasteiger partial charge >= 0.3 is 30.5 Å². The third-order valence-electron chi connectivity index (χ3n) is 8.87. The van der Waals surface area contributed by atoms with E-state index in [1.807, 2.05) is 0 Å². The zero-order valence-corrected chi connectivity index (χ0v) is 30.6. The van der Waals surface area contributed by atoms with E-state index in [0.717, 1.165) is 0 Å². The maximum Gasteiger partial charge on any atom is 0.416 e. The lowest BCUT2D eigenvalue weighted by atomic mass is 9.76. The molecule has 0 aliphatic carbocycles. The molecule has 0 saturated carbocycles. The number of ether oxygens (including phenoxy) is 4. The molecule has 0 spiro atoms. The van der Waals surface area contributed by atoms with Crippen LogP contribution in [-0.2, 0) is 48.2 Å². The molecule has 294 valence electrons. The summed E-state index contributed by atoms with van der Waals surface area (Å²) in [7, 11) is 0. The van der Waals surface area contributed by atoms with Gasteiger partial charge < -0.3 is 24.3 Å². The van der Waals surface area contributed by atoms with Gasteiger partial charge in [0.05, 0.1) is 54.5 Å². The molecule has 3 aromatic carbocycles. The fourth-order valence-electron chi connectivity index (χ4n) is 6.38. The van der Waals surface area contributed by atoms with Crippen molar-refractivity contribution in [1.82, 2.24) is 10.2 Å². The number of benzene rings is 3. The van der Waals surface area contributed by atoms with Crippen molar-refractivity contribution in [3.63, 3.8) is 0 Å². The van der Waals surface area contributed by atoms with Crippen LogP contribution >= 0.6 is 0 Å². The van der Waals surface area contributed by atoms with E-state index in [1.54, 1.807) is 88.4 Å². The summed E-state index contributed by atoms with van der Waals surface area (Å²) in [5, 5.41) is 2.78. The molecule has 0 radical (unpaired) electrons. The van der Waals surface area contributed by atoms with Crippen LogP contribution in [0.2, 0.25) is 0 Å². The van der Waals surface area contributed by atoms with Gasteiger partial charge in [0.25, 0.3) is 0 Å². The molecule has 1 aliphatic heterocycles. The first-order valence-electron chi connectivity index (χ1n) is 17.3. The minimum atomic E-state index is -5.08. The second-order valence-electron chi connectivity index (χ2n) is 14.0. The average molecular weight is 767 g/mol. The van der Waals surface area contributed by atoms with Gasteiger partial charge in [-0.05, 0) is 82.3 Å². The highest BCUT2D eigenvalue weighted by Crippen LogP contribution is 2.44. The van der Waals surface area contributed by atoms with E-state index in [-0.39, 0.29) is 32.1 Å². The Bertz CT molecular complexity index is 1700. The second kappa shape index (κ2) is 17.1. The van der Waals surface area contributed by atoms with Crippen molar-refractivity contribution >= 4 is 18.2 Å². The van der Waals surface area contributed by atoms with Crippen LogP contribution in [0.5, 0.6) is 0 Å². The molecule has 1 heterocycles. The van der Waals surface area contributed by atoms with Crippen LogP contribution in [0.3, 0.4) is 0 Å². The van der Waals surface area contributed by atoms with Gasteiger partial charge in [-0.15, -0.1) is 0 Å². The van der Waals surface area contributed by atoms with E-state index < -0.39 is 89.6 Å². The lowest BCUT2D eigenvalue weighted by Gasteiger charge is -2.53. The Labute approximate surface area is 309 Å². The Hall–Kier alpha value is -4.79. The number of halogens is 6. The SMILES string of the molecule is CCOC(=O)C[C@H]1[C@@H](NC(=O)OC(C)(C)C)CC[C@@](CO[C@H](C)c2cc(C(F)(F)F)cc(C(F)(F)F)c2)(c2ccccc2)N1C(=O)OCc1ccccc1. The third kappa shape index (κ3) is 10.9. The first-order chi connectivity index (χ1) is 25.2. The zero-order valence-electron chi connectivity index (χ0n) is 30.6.